The molecule has 6 heterocycles. The Bertz CT molecular complexity index is 5190. The predicted octanol–water partition coefficient (Wildman–Crippen LogP) is 14.6. The Kier molecular flexibility index (Phi) is 26.3. The van der Waals surface area contributed by atoms with Gasteiger partial charge in [-0.25, -0.2) is 37.1 Å². The molecule has 0 aliphatic carbocycles. The zero-order valence-electron chi connectivity index (χ0n) is 63.7. The van der Waals surface area contributed by atoms with Gasteiger partial charge in [0.15, 0.2) is 23.7 Å². The van der Waals surface area contributed by atoms with Crippen LogP contribution in [0.15, 0.2) is 207 Å². The van der Waals surface area contributed by atoms with E-state index in [9.17, 15) is 51.8 Å². The van der Waals surface area contributed by atoms with Gasteiger partial charge in [-0.3, -0.25) is 38.4 Å². The van der Waals surface area contributed by atoms with Crippen LogP contribution < -0.4 is 23.3 Å². The van der Waals surface area contributed by atoms with E-state index >= 15 is 0 Å². The topological polar surface area (TPSA) is 285 Å². The first kappa shape index (κ1) is 81.4. The third-order valence-corrected chi connectivity index (χ3v) is 23.5. The second-order valence-corrected chi connectivity index (χ2v) is 31.7. The number of piperazine rings is 2. The van der Waals surface area contributed by atoms with Crippen LogP contribution in [0.4, 0.5) is 18.4 Å². The monoisotopic (exact) mass is 1610 g/mol. The van der Waals surface area contributed by atoms with Gasteiger partial charge in [-0.05, 0) is 123 Å². The second-order valence-electron chi connectivity index (χ2n) is 27.6. The summed E-state index contributed by atoms with van der Waals surface area (Å²) in [6, 6.07) is 55.2. The van der Waals surface area contributed by atoms with Gasteiger partial charge in [0.2, 0.25) is 0 Å². The van der Waals surface area contributed by atoms with E-state index in [2.05, 4.69) is 4.98 Å². The van der Waals surface area contributed by atoms with Gasteiger partial charge in [0.05, 0.1) is 49.8 Å². The highest BCUT2D eigenvalue weighted by atomic mass is 31.2. The van der Waals surface area contributed by atoms with E-state index in [0.29, 0.717) is 83.7 Å². The molecule has 26 nitrogen and oxygen atoms in total. The number of esters is 2. The number of hydrogen-bond acceptors (Lipinski definition) is 22. The first-order chi connectivity index (χ1) is 55.6. The van der Waals surface area contributed by atoms with Crippen LogP contribution in [-0.2, 0) is 63.4 Å². The van der Waals surface area contributed by atoms with Crippen molar-refractivity contribution in [2.24, 2.45) is 0 Å². The van der Waals surface area contributed by atoms with Crippen molar-refractivity contribution in [1.29, 1.82) is 0 Å². The fraction of sp³-hybridized carbons (Fsp3) is 0.294. The number of aromatic hydroxyl groups is 1. The number of phenolic OH excluding ortho intramolecular Hbond substituents is 1. The van der Waals surface area contributed by atoms with Gasteiger partial charge in [-0.2, -0.15) is 0 Å². The Morgan fingerprint density at radius 1 is 0.478 bits per heavy atom. The van der Waals surface area contributed by atoms with E-state index < -0.39 is 69.4 Å². The Morgan fingerprint density at radius 3 is 1.28 bits per heavy atom. The molecule has 4 aliphatic rings. The third kappa shape index (κ3) is 19.8. The summed E-state index contributed by atoms with van der Waals surface area (Å²) >= 11 is 0. The van der Waals surface area contributed by atoms with Crippen LogP contribution in [0.1, 0.15) is 87.9 Å². The summed E-state index contributed by atoms with van der Waals surface area (Å²) in [6.45, 7) is 10.5. The molecule has 2 unspecified atom stereocenters. The lowest BCUT2D eigenvalue weighted by Crippen LogP contribution is -2.50. The normalized spacial score (nSPS) is 15.9. The third-order valence-electron chi connectivity index (χ3n) is 19.7. The van der Waals surface area contributed by atoms with E-state index in [-0.39, 0.29) is 129 Å². The van der Waals surface area contributed by atoms with Crippen LogP contribution in [-0.4, -0.2) is 184 Å². The number of nitrogens with zero attached hydrogens (tertiary/aromatic N) is 8. The Morgan fingerprint density at radius 2 is 0.861 bits per heavy atom. The van der Waals surface area contributed by atoms with Crippen molar-refractivity contribution in [1.82, 2.24) is 39.4 Å². The number of benzene rings is 8. The minimum atomic E-state index is -3.85. The predicted molar refractivity (Wildman–Crippen MR) is 422 cm³/mol. The summed E-state index contributed by atoms with van der Waals surface area (Å²) in [6.07, 6.45) is -1.05. The van der Waals surface area contributed by atoms with Gasteiger partial charge in [0, 0.05) is 113 Å². The van der Waals surface area contributed by atoms with Gasteiger partial charge < -0.3 is 57.4 Å². The summed E-state index contributed by atoms with van der Waals surface area (Å²) in [5.74, 6) is -1.88. The van der Waals surface area contributed by atoms with Gasteiger partial charge in [-0.1, -0.05) is 121 Å². The lowest BCUT2D eigenvalue weighted by Gasteiger charge is -2.34. The quantitative estimate of drug-likeness (QED) is 0.0352. The average molecular weight is 1610 g/mol. The first-order valence-corrected chi connectivity index (χ1v) is 41.3. The molecule has 115 heavy (non-hydrogen) atoms. The van der Waals surface area contributed by atoms with Crippen LogP contribution in [0.5, 0.6) is 34.5 Å². The molecule has 2 aromatic heterocycles. The average Bonchev–Trinajstić information content (AvgIpc) is 1.66. The minimum Gasteiger partial charge on any atom is -0.505 e. The molecule has 0 bridgehead atoms. The first-order valence-electron chi connectivity index (χ1n) is 37.8. The smallest absolute Gasteiger partial charge is 0.415 e. The van der Waals surface area contributed by atoms with Crippen LogP contribution in [0.3, 0.4) is 0 Å². The van der Waals surface area contributed by atoms with E-state index in [1.807, 2.05) is 70.5 Å². The van der Waals surface area contributed by atoms with E-state index in [4.69, 9.17) is 46.8 Å². The molecular weight excluding hydrogens is 1520 g/mol. The van der Waals surface area contributed by atoms with E-state index in [1.165, 1.54) is 54.1 Å². The fourth-order valence-corrected chi connectivity index (χ4v) is 17.4. The number of rotatable bonds is 28. The van der Waals surface area contributed by atoms with Gasteiger partial charge in [0.1, 0.15) is 51.8 Å². The molecule has 0 saturated carbocycles. The number of phenols is 1. The van der Waals surface area contributed by atoms with Crippen molar-refractivity contribution in [3.05, 3.63) is 263 Å². The molecule has 598 valence electrons. The van der Waals surface area contributed by atoms with Gasteiger partial charge >= 0.3 is 39.3 Å². The molecule has 4 aliphatic heterocycles. The largest absolute Gasteiger partial charge is 0.505 e. The molecule has 4 atom stereocenters. The fourth-order valence-electron chi connectivity index (χ4n) is 13.9. The van der Waals surface area contributed by atoms with Crippen molar-refractivity contribution in [3.8, 4) is 34.5 Å². The summed E-state index contributed by atoms with van der Waals surface area (Å²) in [5, 5.41) is 12.0. The molecule has 4 amide bonds. The molecule has 8 aromatic carbocycles. The molecule has 10 aromatic rings. The number of pyridine rings is 2. The Hall–Kier alpha value is -11.6. The zero-order chi connectivity index (χ0) is 80.8. The highest BCUT2D eigenvalue weighted by molar-refractivity contribution is 7.54. The number of aromatic nitrogens is 2. The molecule has 30 heteroatoms. The number of ether oxygens (including phenoxy) is 5. The summed E-state index contributed by atoms with van der Waals surface area (Å²) in [4.78, 5) is 99.8. The van der Waals surface area contributed by atoms with Crippen molar-refractivity contribution < 1.29 is 93.6 Å². The highest BCUT2D eigenvalue weighted by Gasteiger charge is 2.42. The van der Waals surface area contributed by atoms with E-state index in [1.54, 1.807) is 139 Å². The second kappa shape index (κ2) is 37.1. The molecule has 0 spiro atoms. The maximum atomic E-state index is 14.6. The Balaban J connectivity index is 0.000000206. The SMILES string of the molecule is CCOC(=O)[C@@H](C)OP(=O)(CCN1CCN(C(=O)Oc2c3c(c(O)c4ncccc24)C(=O)N(Cc2ccc(F)cc2)C3)CC1)Oc1ccccc1.CCOC(=O)[C@H](C)OP(=O)(CCN1CCN(C(=O)Oc2c3c(c(OC(c4ccccc4)c4ccccc4)c4ncccc24)C(=O)N(Cc2ccc(F)cc2)C3)CC1)Oc1ccccc1. The number of carbonyl (C=O) groups is 6. The minimum absolute atomic E-state index is 0.0116. The molecule has 2 fully saturated rings. The molecule has 0 radical (unpaired) electrons. The number of amides is 4. The van der Waals surface area contributed by atoms with Crippen LogP contribution in [0, 0.1) is 11.6 Å². The standard InChI is InChI=1S/C49H48FN4O9P.C36H38FN4O9P/c1-3-59-48(56)34(2)62-64(58,63-39-18-11-6-12-19-39)31-30-52-26-28-53(29-27-52)49(57)61-45-40-20-13-25-51-43(40)46(60-44(36-14-7-4-8-15-36)37-16-9-5-10-17-37)42-41(45)33-54(47(42)55)32-35-21-23-38(50)24-22-35;1-3-47-35(44)24(2)49-51(46,50-27-8-5-4-6-9-27)21-20-39-16-18-40(19-17-39)36(45)48-33-28-10-7-15-38-31(28)32(42)30-29(33)23-41(34(30)43)22-25-11-13-26(37)14-12-25/h4-25,34,44H,3,26-33H2,1-2H3;4-15,24,42H,3,16-23H2,1-2H3/t34-,64?;24-,51?/m01/s1. The van der Waals surface area contributed by atoms with Crippen LogP contribution >= 0.6 is 15.2 Å². The van der Waals surface area contributed by atoms with Crippen LogP contribution in [0.25, 0.3) is 21.8 Å². The molecule has 1 N–H and O–H groups in total. The maximum absolute atomic E-state index is 14.6. The maximum Gasteiger partial charge on any atom is 0.415 e. The summed E-state index contributed by atoms with van der Waals surface area (Å²) < 4.78 is 108. The number of hydrogen-bond donors (Lipinski definition) is 1. The van der Waals surface area contributed by atoms with Gasteiger partial charge in [0.25, 0.3) is 11.8 Å². The number of halogens is 2. The highest BCUT2D eigenvalue weighted by Crippen LogP contribution is 2.52. The van der Waals surface area contributed by atoms with Crippen molar-refractivity contribution in [2.45, 2.75) is 72.2 Å². The molecule has 2 saturated heterocycles. The van der Waals surface area contributed by atoms with Gasteiger partial charge in [-0.15, -0.1) is 0 Å². The lowest BCUT2D eigenvalue weighted by atomic mass is 9.99. The number of carbonyl (C=O) groups excluding carboxylic acids is 6. The van der Waals surface area contributed by atoms with Crippen molar-refractivity contribution >= 4 is 72.9 Å². The van der Waals surface area contributed by atoms with E-state index in [0.717, 1.165) is 16.7 Å². The number of fused-ring (bicyclic) bond motifs is 4. The molecule has 14 rings (SSSR count). The number of para-hydroxylation sites is 2. The molecular formula is C85H86F2N8O18P2. The summed E-state index contributed by atoms with van der Waals surface area (Å²) in [5.41, 5.74) is 4.70. The van der Waals surface area contributed by atoms with Crippen LogP contribution in [0.2, 0.25) is 0 Å². The van der Waals surface area contributed by atoms with Crippen molar-refractivity contribution in [3.63, 3.8) is 0 Å². The Labute approximate surface area is 663 Å². The van der Waals surface area contributed by atoms with Crippen molar-refractivity contribution in [2.75, 3.05) is 91.0 Å². The zero-order valence-corrected chi connectivity index (χ0v) is 65.5. The lowest BCUT2D eigenvalue weighted by molar-refractivity contribution is -0.151. The summed E-state index contributed by atoms with van der Waals surface area (Å²) in [7, 11) is -7.66.